The first-order valence-electron chi connectivity index (χ1n) is 7.14. The zero-order valence-corrected chi connectivity index (χ0v) is 13.6. The third kappa shape index (κ3) is 5.41. The smallest absolute Gasteiger partial charge is 0.138 e. The summed E-state index contributed by atoms with van der Waals surface area (Å²) in [7, 11) is 0. The van der Waals surface area contributed by atoms with Crippen molar-refractivity contribution in [1.82, 2.24) is 5.32 Å². The van der Waals surface area contributed by atoms with E-state index in [-0.39, 0.29) is 5.54 Å². The molecular formula is C18H22ClNO. The lowest BCUT2D eigenvalue weighted by molar-refractivity contribution is 0.306. The lowest BCUT2D eigenvalue weighted by atomic mass is 10.1. The maximum absolute atomic E-state index is 6.29. The highest BCUT2D eigenvalue weighted by Gasteiger charge is 2.09. The van der Waals surface area contributed by atoms with Crippen molar-refractivity contribution in [2.75, 3.05) is 0 Å². The third-order valence-electron chi connectivity index (χ3n) is 3.06. The molecule has 0 saturated heterocycles. The standard InChI is InChI=1S/C18H22ClNO/c1-18(2,3)20-12-15-9-10-17(16(19)11-15)21-13-14-7-5-4-6-8-14/h4-11,20H,12-13H2,1-3H3. The molecule has 2 rings (SSSR count). The second kappa shape index (κ2) is 6.97. The number of nitrogens with one attached hydrogen (secondary N) is 1. The summed E-state index contributed by atoms with van der Waals surface area (Å²) in [6, 6.07) is 16.0. The molecule has 3 heteroatoms. The van der Waals surface area contributed by atoms with Crippen LogP contribution in [0, 0.1) is 0 Å². The Hall–Kier alpha value is -1.51. The van der Waals surface area contributed by atoms with Gasteiger partial charge in [-0.25, -0.2) is 0 Å². The van der Waals surface area contributed by atoms with E-state index in [1.165, 1.54) is 0 Å². The van der Waals surface area contributed by atoms with Crippen molar-refractivity contribution in [2.24, 2.45) is 0 Å². The number of halogens is 1. The normalized spacial score (nSPS) is 11.4. The molecular weight excluding hydrogens is 282 g/mol. The predicted molar refractivity (Wildman–Crippen MR) is 88.8 cm³/mol. The van der Waals surface area contributed by atoms with E-state index in [1.54, 1.807) is 0 Å². The van der Waals surface area contributed by atoms with Gasteiger partial charge < -0.3 is 10.1 Å². The molecule has 0 heterocycles. The number of benzene rings is 2. The summed E-state index contributed by atoms with van der Waals surface area (Å²) in [6.45, 7) is 7.76. The Labute approximate surface area is 132 Å². The molecule has 1 N–H and O–H groups in total. The van der Waals surface area contributed by atoms with Crippen LogP contribution < -0.4 is 10.1 Å². The van der Waals surface area contributed by atoms with Gasteiger partial charge in [-0.05, 0) is 44.0 Å². The van der Waals surface area contributed by atoms with Gasteiger partial charge in [-0.2, -0.15) is 0 Å². The lowest BCUT2D eigenvalue weighted by Gasteiger charge is -2.20. The summed E-state index contributed by atoms with van der Waals surface area (Å²) >= 11 is 6.29. The molecule has 0 unspecified atom stereocenters. The molecule has 0 aliphatic rings. The van der Waals surface area contributed by atoms with Gasteiger partial charge in [0.1, 0.15) is 12.4 Å². The second-order valence-corrected chi connectivity index (χ2v) is 6.55. The topological polar surface area (TPSA) is 21.3 Å². The molecule has 0 bridgehead atoms. The monoisotopic (exact) mass is 303 g/mol. The van der Waals surface area contributed by atoms with E-state index >= 15 is 0 Å². The van der Waals surface area contributed by atoms with E-state index in [0.717, 1.165) is 23.4 Å². The molecule has 0 radical (unpaired) electrons. The fraction of sp³-hybridized carbons (Fsp3) is 0.333. The molecule has 0 aromatic heterocycles. The highest BCUT2D eigenvalue weighted by atomic mass is 35.5. The highest BCUT2D eigenvalue weighted by molar-refractivity contribution is 6.32. The molecule has 0 fully saturated rings. The largest absolute Gasteiger partial charge is 0.487 e. The Bertz CT molecular complexity index is 576. The second-order valence-electron chi connectivity index (χ2n) is 6.14. The minimum absolute atomic E-state index is 0.0922. The molecule has 0 atom stereocenters. The number of hydrogen-bond donors (Lipinski definition) is 1. The van der Waals surface area contributed by atoms with Crippen molar-refractivity contribution < 1.29 is 4.74 Å². The van der Waals surface area contributed by atoms with Crippen molar-refractivity contribution in [3.63, 3.8) is 0 Å². The Balaban J connectivity index is 1.96. The first-order valence-corrected chi connectivity index (χ1v) is 7.52. The predicted octanol–water partition coefficient (Wildman–Crippen LogP) is 4.81. The molecule has 21 heavy (non-hydrogen) atoms. The quantitative estimate of drug-likeness (QED) is 0.856. The zero-order chi connectivity index (χ0) is 15.3. The van der Waals surface area contributed by atoms with E-state index in [1.807, 2.05) is 48.5 Å². The van der Waals surface area contributed by atoms with Gasteiger partial charge in [0.2, 0.25) is 0 Å². The zero-order valence-electron chi connectivity index (χ0n) is 12.8. The summed E-state index contributed by atoms with van der Waals surface area (Å²) < 4.78 is 5.77. The van der Waals surface area contributed by atoms with Crippen molar-refractivity contribution in [2.45, 2.75) is 39.5 Å². The first kappa shape index (κ1) is 15.9. The Morgan fingerprint density at radius 2 is 1.71 bits per heavy atom. The van der Waals surface area contributed by atoms with Crippen LogP contribution in [0.2, 0.25) is 5.02 Å². The summed E-state index contributed by atoms with van der Waals surface area (Å²) in [6.07, 6.45) is 0. The fourth-order valence-corrected chi connectivity index (χ4v) is 2.13. The van der Waals surface area contributed by atoms with E-state index in [9.17, 15) is 0 Å². The molecule has 2 aromatic carbocycles. The minimum atomic E-state index is 0.0922. The van der Waals surface area contributed by atoms with E-state index < -0.39 is 0 Å². The van der Waals surface area contributed by atoms with Crippen LogP contribution >= 0.6 is 11.6 Å². The average molecular weight is 304 g/mol. The molecule has 112 valence electrons. The van der Waals surface area contributed by atoms with Crippen molar-refractivity contribution in [1.29, 1.82) is 0 Å². The number of rotatable bonds is 5. The van der Waals surface area contributed by atoms with Gasteiger partial charge >= 0.3 is 0 Å². The van der Waals surface area contributed by atoms with Gasteiger partial charge in [0.05, 0.1) is 5.02 Å². The van der Waals surface area contributed by atoms with Gasteiger partial charge in [-0.1, -0.05) is 48.0 Å². The van der Waals surface area contributed by atoms with E-state index in [0.29, 0.717) is 11.6 Å². The lowest BCUT2D eigenvalue weighted by Crippen LogP contribution is -2.35. The van der Waals surface area contributed by atoms with Crippen LogP contribution in [-0.2, 0) is 13.2 Å². The first-order chi connectivity index (χ1) is 9.94. The SMILES string of the molecule is CC(C)(C)NCc1ccc(OCc2ccccc2)c(Cl)c1. The van der Waals surface area contributed by atoms with Gasteiger partial charge in [0.15, 0.2) is 0 Å². The molecule has 0 aliphatic carbocycles. The Morgan fingerprint density at radius 1 is 1.00 bits per heavy atom. The van der Waals surface area contributed by atoms with Crippen molar-refractivity contribution in [3.8, 4) is 5.75 Å². The van der Waals surface area contributed by atoms with Gasteiger partial charge in [-0.3, -0.25) is 0 Å². The van der Waals surface area contributed by atoms with Crippen LogP contribution in [0.25, 0.3) is 0 Å². The highest BCUT2D eigenvalue weighted by Crippen LogP contribution is 2.26. The Kier molecular flexibility index (Phi) is 5.27. The third-order valence-corrected chi connectivity index (χ3v) is 3.35. The van der Waals surface area contributed by atoms with Crippen LogP contribution in [0.4, 0.5) is 0 Å². The van der Waals surface area contributed by atoms with Gasteiger partial charge in [-0.15, -0.1) is 0 Å². The summed E-state index contributed by atoms with van der Waals surface area (Å²) in [5.74, 6) is 0.722. The van der Waals surface area contributed by atoms with Crippen molar-refractivity contribution in [3.05, 3.63) is 64.7 Å². The number of hydrogen-bond acceptors (Lipinski definition) is 2. The van der Waals surface area contributed by atoms with Crippen molar-refractivity contribution >= 4 is 11.6 Å². The van der Waals surface area contributed by atoms with E-state index in [2.05, 4.69) is 26.1 Å². The summed E-state index contributed by atoms with van der Waals surface area (Å²) in [4.78, 5) is 0. The maximum Gasteiger partial charge on any atom is 0.138 e. The van der Waals surface area contributed by atoms with Gasteiger partial charge in [0.25, 0.3) is 0 Å². The molecule has 0 saturated carbocycles. The maximum atomic E-state index is 6.29. The summed E-state index contributed by atoms with van der Waals surface area (Å²) in [5.41, 5.74) is 2.38. The van der Waals surface area contributed by atoms with Crippen LogP contribution in [0.15, 0.2) is 48.5 Å². The Morgan fingerprint density at radius 3 is 2.33 bits per heavy atom. The molecule has 0 aliphatic heterocycles. The molecule has 2 nitrogen and oxygen atoms in total. The van der Waals surface area contributed by atoms with E-state index in [4.69, 9.17) is 16.3 Å². The van der Waals surface area contributed by atoms with Crippen LogP contribution in [0.5, 0.6) is 5.75 Å². The summed E-state index contributed by atoms with van der Waals surface area (Å²) in [5, 5.41) is 4.10. The molecule has 0 amide bonds. The average Bonchev–Trinajstić information content (AvgIpc) is 2.44. The molecule has 0 spiro atoms. The van der Waals surface area contributed by atoms with Crippen LogP contribution in [0.3, 0.4) is 0 Å². The van der Waals surface area contributed by atoms with Crippen LogP contribution in [0.1, 0.15) is 31.9 Å². The van der Waals surface area contributed by atoms with Crippen LogP contribution in [-0.4, -0.2) is 5.54 Å². The van der Waals surface area contributed by atoms with Gasteiger partial charge in [0, 0.05) is 12.1 Å². The molecule has 2 aromatic rings. The minimum Gasteiger partial charge on any atom is -0.487 e. The fourth-order valence-electron chi connectivity index (χ4n) is 1.87. The number of ether oxygens (including phenoxy) is 1.